The third kappa shape index (κ3) is 3.51. The number of nitrogens with one attached hydrogen (secondary N) is 1. The number of likely N-dealkylation sites (tertiary alicyclic amines) is 1. The van der Waals surface area contributed by atoms with Gasteiger partial charge in [-0.15, -0.1) is 0 Å². The number of carbonyl (C=O) groups is 1. The Kier molecular flexibility index (Phi) is 4.76. The monoisotopic (exact) mass is 356 g/mol. The van der Waals surface area contributed by atoms with Crippen molar-refractivity contribution in [1.82, 2.24) is 20.0 Å². The number of rotatable bonds is 5. The van der Waals surface area contributed by atoms with Crippen LogP contribution in [0.25, 0.3) is 5.69 Å². The van der Waals surface area contributed by atoms with Gasteiger partial charge >= 0.3 is 0 Å². The third-order valence-electron chi connectivity index (χ3n) is 5.50. The van der Waals surface area contributed by atoms with Crippen molar-refractivity contribution in [3.05, 3.63) is 47.5 Å². The van der Waals surface area contributed by atoms with Crippen molar-refractivity contribution in [3.63, 3.8) is 0 Å². The molecule has 1 N–H and O–H groups in total. The Balaban J connectivity index is 1.42. The molecule has 2 heterocycles. The van der Waals surface area contributed by atoms with Crippen molar-refractivity contribution in [2.45, 2.75) is 38.6 Å². The minimum atomic E-state index is -0.347. The van der Waals surface area contributed by atoms with Gasteiger partial charge in [0.25, 0.3) is 5.91 Å². The molecule has 4 rings (SSSR count). The number of para-hydroxylation sites is 1. The van der Waals surface area contributed by atoms with E-state index in [0.29, 0.717) is 23.0 Å². The number of nitrogens with zero attached hydrogens (tertiary/aromatic N) is 3. The van der Waals surface area contributed by atoms with E-state index < -0.39 is 0 Å². The number of amides is 1. The molecule has 1 aliphatic heterocycles. The number of piperidine rings is 1. The molecule has 5 nitrogen and oxygen atoms in total. The van der Waals surface area contributed by atoms with Crippen LogP contribution in [0.4, 0.5) is 4.39 Å². The summed E-state index contributed by atoms with van der Waals surface area (Å²) in [5.74, 6) is 0.521. The van der Waals surface area contributed by atoms with Crippen LogP contribution in [0.2, 0.25) is 0 Å². The summed E-state index contributed by atoms with van der Waals surface area (Å²) in [7, 11) is 0. The Bertz CT molecular complexity index is 791. The second kappa shape index (κ2) is 7.19. The Morgan fingerprint density at radius 2 is 1.96 bits per heavy atom. The van der Waals surface area contributed by atoms with Crippen molar-refractivity contribution < 1.29 is 9.18 Å². The number of halogens is 1. The molecule has 26 heavy (non-hydrogen) atoms. The molecule has 1 aromatic heterocycles. The third-order valence-corrected chi connectivity index (χ3v) is 5.50. The van der Waals surface area contributed by atoms with Gasteiger partial charge in [0.2, 0.25) is 0 Å². The van der Waals surface area contributed by atoms with Crippen LogP contribution in [-0.2, 0) is 0 Å². The number of aromatic nitrogens is 2. The lowest BCUT2D eigenvalue weighted by atomic mass is 10.0. The molecule has 1 aliphatic carbocycles. The second-order valence-electron chi connectivity index (χ2n) is 7.42. The molecule has 2 fully saturated rings. The molecule has 138 valence electrons. The molecule has 0 bridgehead atoms. The lowest BCUT2D eigenvalue weighted by Gasteiger charge is -2.32. The van der Waals surface area contributed by atoms with E-state index in [0.717, 1.165) is 38.4 Å². The first-order valence-corrected chi connectivity index (χ1v) is 9.45. The molecule has 6 heteroatoms. The smallest absolute Gasteiger partial charge is 0.257 e. The number of hydrogen-bond acceptors (Lipinski definition) is 3. The van der Waals surface area contributed by atoms with Crippen LogP contribution in [0, 0.1) is 18.7 Å². The maximum Gasteiger partial charge on any atom is 0.257 e. The summed E-state index contributed by atoms with van der Waals surface area (Å²) in [5, 5.41) is 7.88. The minimum absolute atomic E-state index is 0.00858. The van der Waals surface area contributed by atoms with E-state index in [1.165, 1.54) is 23.6 Å². The van der Waals surface area contributed by atoms with Gasteiger partial charge in [0, 0.05) is 19.1 Å². The molecule has 2 aliphatic rings. The summed E-state index contributed by atoms with van der Waals surface area (Å²) in [6.45, 7) is 4.45. The van der Waals surface area contributed by atoms with E-state index in [9.17, 15) is 9.18 Å². The Hall–Kier alpha value is -2.21. The highest BCUT2D eigenvalue weighted by Gasteiger charge is 2.28. The van der Waals surface area contributed by atoms with Crippen LogP contribution >= 0.6 is 0 Å². The van der Waals surface area contributed by atoms with Gasteiger partial charge in [-0.2, -0.15) is 5.10 Å². The van der Waals surface area contributed by atoms with Gasteiger partial charge in [0.15, 0.2) is 0 Å². The zero-order valence-corrected chi connectivity index (χ0v) is 15.1. The number of hydrogen-bond donors (Lipinski definition) is 1. The molecule has 1 saturated carbocycles. The van der Waals surface area contributed by atoms with E-state index in [4.69, 9.17) is 0 Å². The van der Waals surface area contributed by atoms with Gasteiger partial charge in [-0.05, 0) is 57.2 Å². The Morgan fingerprint density at radius 3 is 2.65 bits per heavy atom. The summed E-state index contributed by atoms with van der Waals surface area (Å²) >= 11 is 0. The second-order valence-corrected chi connectivity index (χ2v) is 7.42. The van der Waals surface area contributed by atoms with Crippen molar-refractivity contribution in [3.8, 4) is 5.69 Å². The largest absolute Gasteiger partial charge is 0.338 e. The predicted molar refractivity (Wildman–Crippen MR) is 97.9 cm³/mol. The number of benzene rings is 1. The minimum Gasteiger partial charge on any atom is -0.338 e. The zero-order chi connectivity index (χ0) is 18.1. The van der Waals surface area contributed by atoms with Crippen molar-refractivity contribution in [1.29, 1.82) is 0 Å². The molecule has 1 saturated heterocycles. The topological polar surface area (TPSA) is 50.2 Å². The van der Waals surface area contributed by atoms with Gasteiger partial charge in [0.1, 0.15) is 11.5 Å². The Morgan fingerprint density at radius 1 is 1.23 bits per heavy atom. The Labute approximate surface area is 153 Å². The van der Waals surface area contributed by atoms with Gasteiger partial charge in [-0.25, -0.2) is 9.07 Å². The number of carbonyl (C=O) groups excluding carboxylic acids is 1. The maximum absolute atomic E-state index is 14.0. The molecule has 0 radical (unpaired) electrons. The first-order chi connectivity index (χ1) is 12.6. The maximum atomic E-state index is 14.0. The predicted octanol–water partition coefficient (Wildman–Crippen LogP) is 2.92. The van der Waals surface area contributed by atoms with E-state index in [1.807, 2.05) is 11.8 Å². The first-order valence-electron chi connectivity index (χ1n) is 9.45. The molecule has 1 amide bonds. The highest BCUT2D eigenvalue weighted by molar-refractivity contribution is 5.95. The summed E-state index contributed by atoms with van der Waals surface area (Å²) in [4.78, 5) is 14.8. The fourth-order valence-corrected chi connectivity index (χ4v) is 3.60. The van der Waals surface area contributed by atoms with Crippen LogP contribution in [0.3, 0.4) is 0 Å². The molecule has 2 aromatic rings. The average Bonchev–Trinajstić information content (AvgIpc) is 3.42. The molecule has 0 unspecified atom stereocenters. The van der Waals surface area contributed by atoms with Crippen LogP contribution in [0.5, 0.6) is 0 Å². The lowest BCUT2D eigenvalue weighted by molar-refractivity contribution is 0.0704. The van der Waals surface area contributed by atoms with Crippen molar-refractivity contribution in [2.24, 2.45) is 5.92 Å². The van der Waals surface area contributed by atoms with Crippen LogP contribution < -0.4 is 5.32 Å². The summed E-state index contributed by atoms with van der Waals surface area (Å²) < 4.78 is 15.5. The summed E-state index contributed by atoms with van der Waals surface area (Å²) in [6.07, 6.45) is 6.24. The van der Waals surface area contributed by atoms with Crippen LogP contribution in [0.15, 0.2) is 30.5 Å². The molecule has 0 spiro atoms. The standard InChI is InChI=1S/C20H25FN4O/c1-14-17(13-23-25(14)19-5-3-2-4-18(19)21)20(26)24-10-8-16(9-11-24)22-12-15-6-7-15/h2-5,13,15-16,22H,6-12H2,1H3. The molecule has 1 aromatic carbocycles. The lowest BCUT2D eigenvalue weighted by Crippen LogP contribution is -2.45. The molecule has 0 atom stereocenters. The van der Waals surface area contributed by atoms with Crippen molar-refractivity contribution in [2.75, 3.05) is 19.6 Å². The van der Waals surface area contributed by atoms with Gasteiger partial charge in [-0.1, -0.05) is 12.1 Å². The zero-order valence-electron chi connectivity index (χ0n) is 15.1. The highest BCUT2D eigenvalue weighted by atomic mass is 19.1. The highest BCUT2D eigenvalue weighted by Crippen LogP contribution is 2.28. The van der Waals surface area contributed by atoms with E-state index in [-0.39, 0.29) is 11.7 Å². The van der Waals surface area contributed by atoms with Gasteiger partial charge in [-0.3, -0.25) is 4.79 Å². The van der Waals surface area contributed by atoms with Crippen LogP contribution in [0.1, 0.15) is 41.7 Å². The van der Waals surface area contributed by atoms with Crippen LogP contribution in [-0.4, -0.2) is 46.3 Å². The fraction of sp³-hybridized carbons (Fsp3) is 0.500. The van der Waals surface area contributed by atoms with E-state index in [1.54, 1.807) is 24.4 Å². The molecular formula is C20H25FN4O. The summed E-state index contributed by atoms with van der Waals surface area (Å²) in [6, 6.07) is 6.99. The fourth-order valence-electron chi connectivity index (χ4n) is 3.60. The van der Waals surface area contributed by atoms with Crippen molar-refractivity contribution >= 4 is 5.91 Å². The quantitative estimate of drug-likeness (QED) is 0.896. The summed E-state index contributed by atoms with van der Waals surface area (Å²) in [5.41, 5.74) is 1.60. The van der Waals surface area contributed by atoms with Gasteiger partial charge in [0.05, 0.1) is 17.5 Å². The van der Waals surface area contributed by atoms with E-state index >= 15 is 0 Å². The SMILES string of the molecule is Cc1c(C(=O)N2CCC(NCC3CC3)CC2)cnn1-c1ccccc1F. The van der Waals surface area contributed by atoms with E-state index in [2.05, 4.69) is 10.4 Å². The average molecular weight is 356 g/mol. The normalized spacial score (nSPS) is 18.3. The molecular weight excluding hydrogens is 331 g/mol. The first kappa shape index (κ1) is 17.2. The van der Waals surface area contributed by atoms with Gasteiger partial charge < -0.3 is 10.2 Å².